The number of anilines is 1. The molecule has 0 heterocycles. The predicted octanol–water partition coefficient (Wildman–Crippen LogP) is 3.82. The van der Waals surface area contributed by atoms with Crippen molar-refractivity contribution in [3.63, 3.8) is 0 Å². The predicted molar refractivity (Wildman–Crippen MR) is 83.5 cm³/mol. The van der Waals surface area contributed by atoms with Gasteiger partial charge in [-0.1, -0.05) is 28.1 Å². The number of carbonyl (C=O) groups excluding carboxylic acids is 1. The molecule has 1 aliphatic rings. The molecule has 0 aromatic heterocycles. The Kier molecular flexibility index (Phi) is 4.99. The maximum absolute atomic E-state index is 12.3. The molecular weight excluding hydrogens is 390 g/mol. The molecule has 0 unspecified atom stereocenters. The number of carboxylic acids is 1. The maximum Gasteiger partial charge on any atom is 0.307 e. The molecule has 0 saturated carbocycles. The molecule has 2 N–H and O–H groups in total. The van der Waals surface area contributed by atoms with E-state index in [4.69, 9.17) is 0 Å². The molecule has 1 aromatic carbocycles. The van der Waals surface area contributed by atoms with Crippen molar-refractivity contribution in [3.05, 3.63) is 39.3 Å². The number of hydrogen-bond donors (Lipinski definition) is 2. The van der Waals surface area contributed by atoms with Gasteiger partial charge in [0.1, 0.15) is 0 Å². The largest absolute Gasteiger partial charge is 0.481 e. The highest BCUT2D eigenvalue weighted by atomic mass is 79.9. The number of carboxylic acid groups (broad SMARTS) is 1. The number of rotatable bonds is 3. The first kappa shape index (κ1) is 15.3. The van der Waals surface area contributed by atoms with E-state index in [1.165, 1.54) is 0 Å². The third-order valence-electron chi connectivity index (χ3n) is 3.28. The Morgan fingerprint density at radius 2 is 1.80 bits per heavy atom. The molecule has 20 heavy (non-hydrogen) atoms. The minimum atomic E-state index is -0.927. The first-order valence-corrected chi connectivity index (χ1v) is 7.71. The Morgan fingerprint density at radius 3 is 2.40 bits per heavy atom. The van der Waals surface area contributed by atoms with Gasteiger partial charge in [0.2, 0.25) is 5.91 Å². The zero-order valence-corrected chi connectivity index (χ0v) is 13.6. The van der Waals surface area contributed by atoms with Crippen molar-refractivity contribution < 1.29 is 14.7 Å². The highest BCUT2D eigenvalue weighted by Crippen LogP contribution is 2.30. The van der Waals surface area contributed by atoms with Gasteiger partial charge in [0.15, 0.2) is 0 Å². The van der Waals surface area contributed by atoms with Crippen LogP contribution in [-0.2, 0) is 9.59 Å². The Hall–Kier alpha value is -1.14. The number of nitrogens with one attached hydrogen (secondary N) is 1. The van der Waals surface area contributed by atoms with Crippen LogP contribution in [0.4, 0.5) is 5.69 Å². The van der Waals surface area contributed by atoms with E-state index in [1.807, 2.05) is 24.3 Å². The Labute approximate surface area is 133 Å². The summed E-state index contributed by atoms with van der Waals surface area (Å²) in [5, 5.41) is 12.0. The quantitative estimate of drug-likeness (QED) is 0.755. The summed E-state index contributed by atoms with van der Waals surface area (Å²) in [5.74, 6) is -2.38. The summed E-state index contributed by atoms with van der Waals surface area (Å²) in [7, 11) is 0. The van der Waals surface area contributed by atoms with Gasteiger partial charge in [0.25, 0.3) is 0 Å². The van der Waals surface area contributed by atoms with Crippen molar-refractivity contribution in [2.75, 3.05) is 5.32 Å². The number of amides is 1. The second kappa shape index (κ2) is 6.54. The maximum atomic E-state index is 12.3. The van der Waals surface area contributed by atoms with Crippen LogP contribution in [0.1, 0.15) is 12.8 Å². The van der Waals surface area contributed by atoms with E-state index >= 15 is 0 Å². The Balaban J connectivity index is 2.14. The summed E-state index contributed by atoms with van der Waals surface area (Å²) in [6.45, 7) is 0. The molecule has 106 valence electrons. The van der Waals surface area contributed by atoms with E-state index in [1.54, 1.807) is 6.07 Å². The molecule has 0 saturated heterocycles. The molecule has 0 radical (unpaired) electrons. The average molecular weight is 403 g/mol. The Morgan fingerprint density at radius 1 is 1.15 bits per heavy atom. The lowest BCUT2D eigenvalue weighted by molar-refractivity contribution is -0.146. The summed E-state index contributed by atoms with van der Waals surface area (Å²) in [4.78, 5) is 23.5. The standard InChI is InChI=1S/C14H13Br2NO3/c15-8-5-6-12(11(16)7-8)17-13(18)9-3-1-2-4-10(9)14(19)20/h1-2,5-7,9-10H,3-4H2,(H,17,18)(H,19,20)/t9-,10-/m1/s1. The van der Waals surface area contributed by atoms with Crippen LogP contribution in [-0.4, -0.2) is 17.0 Å². The van der Waals surface area contributed by atoms with Gasteiger partial charge in [-0.3, -0.25) is 9.59 Å². The van der Waals surface area contributed by atoms with E-state index in [0.29, 0.717) is 18.5 Å². The monoisotopic (exact) mass is 401 g/mol. The van der Waals surface area contributed by atoms with Crippen LogP contribution in [0.5, 0.6) is 0 Å². The molecular formula is C14H13Br2NO3. The van der Waals surface area contributed by atoms with E-state index in [9.17, 15) is 14.7 Å². The zero-order valence-electron chi connectivity index (χ0n) is 10.5. The molecule has 0 spiro atoms. The van der Waals surface area contributed by atoms with E-state index in [-0.39, 0.29) is 5.91 Å². The SMILES string of the molecule is O=C(O)[C@@H]1CC=CC[C@H]1C(=O)Nc1ccc(Br)cc1Br. The summed E-state index contributed by atoms with van der Waals surface area (Å²) in [6, 6.07) is 5.40. The van der Waals surface area contributed by atoms with Crippen molar-refractivity contribution in [3.8, 4) is 0 Å². The number of hydrogen-bond acceptors (Lipinski definition) is 2. The number of halogens is 2. The average Bonchev–Trinajstić information content (AvgIpc) is 2.41. The van der Waals surface area contributed by atoms with Gasteiger partial charge in [-0.15, -0.1) is 0 Å². The molecule has 0 bridgehead atoms. The normalized spacial score (nSPS) is 21.5. The number of carbonyl (C=O) groups is 2. The van der Waals surface area contributed by atoms with Crippen LogP contribution in [0.15, 0.2) is 39.3 Å². The van der Waals surface area contributed by atoms with Gasteiger partial charge in [-0.05, 0) is 47.0 Å². The molecule has 1 aromatic rings. The van der Waals surface area contributed by atoms with Gasteiger partial charge in [-0.2, -0.15) is 0 Å². The van der Waals surface area contributed by atoms with Crippen LogP contribution < -0.4 is 5.32 Å². The second-order valence-corrected chi connectivity index (χ2v) is 6.38. The van der Waals surface area contributed by atoms with Gasteiger partial charge in [0, 0.05) is 8.95 Å². The van der Waals surface area contributed by atoms with Crippen molar-refractivity contribution in [2.24, 2.45) is 11.8 Å². The number of aliphatic carboxylic acids is 1. The van der Waals surface area contributed by atoms with Crippen molar-refractivity contribution in [1.29, 1.82) is 0 Å². The summed E-state index contributed by atoms with van der Waals surface area (Å²) >= 11 is 6.71. The molecule has 4 nitrogen and oxygen atoms in total. The smallest absolute Gasteiger partial charge is 0.307 e. The topological polar surface area (TPSA) is 66.4 Å². The number of allylic oxidation sites excluding steroid dienone is 2. The zero-order chi connectivity index (χ0) is 14.7. The van der Waals surface area contributed by atoms with Crippen molar-refractivity contribution >= 4 is 49.4 Å². The minimum Gasteiger partial charge on any atom is -0.481 e. The molecule has 6 heteroatoms. The van der Waals surface area contributed by atoms with Crippen molar-refractivity contribution in [2.45, 2.75) is 12.8 Å². The van der Waals surface area contributed by atoms with Crippen LogP contribution in [0, 0.1) is 11.8 Å². The van der Waals surface area contributed by atoms with Crippen LogP contribution in [0.25, 0.3) is 0 Å². The highest BCUT2D eigenvalue weighted by Gasteiger charge is 2.34. The molecule has 0 aliphatic heterocycles. The highest BCUT2D eigenvalue weighted by molar-refractivity contribution is 9.11. The molecule has 2 atom stereocenters. The van der Waals surface area contributed by atoms with Gasteiger partial charge < -0.3 is 10.4 Å². The van der Waals surface area contributed by atoms with Crippen LogP contribution in [0.2, 0.25) is 0 Å². The fraction of sp³-hybridized carbons (Fsp3) is 0.286. The lowest BCUT2D eigenvalue weighted by atomic mass is 9.82. The summed E-state index contributed by atoms with van der Waals surface area (Å²) in [5.41, 5.74) is 0.636. The van der Waals surface area contributed by atoms with Crippen molar-refractivity contribution in [1.82, 2.24) is 0 Å². The van der Waals surface area contributed by atoms with Gasteiger partial charge in [0.05, 0.1) is 17.5 Å². The third kappa shape index (κ3) is 3.49. The third-order valence-corrected chi connectivity index (χ3v) is 4.42. The summed E-state index contributed by atoms with van der Waals surface area (Å²) in [6.07, 6.45) is 4.53. The lowest BCUT2D eigenvalue weighted by Gasteiger charge is -2.24. The van der Waals surface area contributed by atoms with E-state index < -0.39 is 17.8 Å². The molecule has 0 fully saturated rings. The molecule has 2 rings (SSSR count). The summed E-state index contributed by atoms with van der Waals surface area (Å²) < 4.78 is 1.64. The fourth-order valence-corrected chi connectivity index (χ4v) is 3.34. The fourth-order valence-electron chi connectivity index (χ4n) is 2.19. The minimum absolute atomic E-state index is 0.259. The lowest BCUT2D eigenvalue weighted by Crippen LogP contribution is -2.34. The first-order valence-electron chi connectivity index (χ1n) is 6.12. The molecule has 1 aliphatic carbocycles. The van der Waals surface area contributed by atoms with Gasteiger partial charge in [-0.25, -0.2) is 0 Å². The van der Waals surface area contributed by atoms with Crippen LogP contribution >= 0.6 is 31.9 Å². The Bertz CT molecular complexity index is 572. The van der Waals surface area contributed by atoms with E-state index in [2.05, 4.69) is 37.2 Å². The van der Waals surface area contributed by atoms with E-state index in [0.717, 1.165) is 8.95 Å². The number of benzene rings is 1. The second-order valence-electron chi connectivity index (χ2n) is 4.61. The first-order chi connectivity index (χ1) is 9.49. The van der Waals surface area contributed by atoms with Crippen LogP contribution in [0.3, 0.4) is 0 Å². The van der Waals surface area contributed by atoms with Gasteiger partial charge >= 0.3 is 5.97 Å². The molecule has 1 amide bonds.